The minimum absolute atomic E-state index is 0.381. The number of benzene rings is 1. The van der Waals surface area contributed by atoms with Crippen LogP contribution in [0.15, 0.2) is 23.1 Å². The Labute approximate surface area is 127 Å². The molecule has 1 aromatic rings. The van der Waals surface area contributed by atoms with Crippen LogP contribution in [-0.2, 0) is 11.3 Å². The molecule has 3 heteroatoms. The fourth-order valence-electron chi connectivity index (χ4n) is 2.49. The predicted molar refractivity (Wildman–Crippen MR) is 87.4 cm³/mol. The van der Waals surface area contributed by atoms with Gasteiger partial charge in [0.05, 0.1) is 6.10 Å². The number of rotatable bonds is 6. The Morgan fingerprint density at radius 3 is 2.80 bits per heavy atom. The number of hydrogen-bond acceptors (Lipinski definition) is 3. The van der Waals surface area contributed by atoms with E-state index in [4.69, 9.17) is 4.74 Å². The predicted octanol–water partition coefficient (Wildman–Crippen LogP) is 4.01. The third kappa shape index (κ3) is 4.51. The second kappa shape index (κ2) is 7.48. The fraction of sp³-hybridized carbons (Fsp3) is 0.647. The molecule has 0 saturated carbocycles. The van der Waals surface area contributed by atoms with Gasteiger partial charge in [0.1, 0.15) is 0 Å². The van der Waals surface area contributed by atoms with Crippen LogP contribution < -0.4 is 5.32 Å². The van der Waals surface area contributed by atoms with Crippen molar-refractivity contribution in [1.82, 2.24) is 5.32 Å². The van der Waals surface area contributed by atoms with Crippen molar-refractivity contribution in [2.24, 2.45) is 5.92 Å². The van der Waals surface area contributed by atoms with E-state index in [-0.39, 0.29) is 0 Å². The summed E-state index contributed by atoms with van der Waals surface area (Å²) in [6, 6.07) is 6.84. The maximum absolute atomic E-state index is 5.65. The standard InChI is InChI=1S/C17H27NOS/c1-12(2)10-18-11-15-5-6-16(13(3)9-15)20-17-7-8-19-14(17)4/h5-6,9,12,14,17-18H,7-8,10-11H2,1-4H3. The van der Waals surface area contributed by atoms with E-state index in [1.807, 2.05) is 11.8 Å². The number of ether oxygens (including phenoxy) is 1. The average Bonchev–Trinajstić information content (AvgIpc) is 2.78. The maximum Gasteiger partial charge on any atom is 0.0669 e. The molecule has 0 bridgehead atoms. The molecule has 1 aliphatic heterocycles. The molecule has 1 aliphatic rings. The van der Waals surface area contributed by atoms with E-state index < -0.39 is 0 Å². The monoisotopic (exact) mass is 293 g/mol. The SMILES string of the molecule is Cc1cc(CNCC(C)C)ccc1SC1CCOC1C. The minimum Gasteiger partial charge on any atom is -0.377 e. The third-order valence-corrected chi connectivity index (χ3v) is 5.34. The lowest BCUT2D eigenvalue weighted by molar-refractivity contribution is 0.127. The molecule has 1 aromatic carbocycles. The Kier molecular flexibility index (Phi) is 5.94. The Hall–Kier alpha value is -0.510. The zero-order chi connectivity index (χ0) is 14.5. The van der Waals surface area contributed by atoms with Crippen LogP contribution in [0.4, 0.5) is 0 Å². The van der Waals surface area contributed by atoms with Gasteiger partial charge in [-0.1, -0.05) is 26.0 Å². The Bertz CT molecular complexity index is 433. The van der Waals surface area contributed by atoms with Crippen LogP contribution in [0, 0.1) is 12.8 Å². The van der Waals surface area contributed by atoms with Gasteiger partial charge in [-0.3, -0.25) is 0 Å². The molecule has 0 aromatic heterocycles. The maximum atomic E-state index is 5.65. The van der Waals surface area contributed by atoms with Gasteiger partial charge in [0.15, 0.2) is 0 Å². The van der Waals surface area contributed by atoms with E-state index in [0.29, 0.717) is 17.3 Å². The summed E-state index contributed by atoms with van der Waals surface area (Å²) in [4.78, 5) is 1.40. The van der Waals surface area contributed by atoms with Crippen molar-refractivity contribution in [2.45, 2.75) is 56.9 Å². The van der Waals surface area contributed by atoms with Crippen molar-refractivity contribution >= 4 is 11.8 Å². The highest BCUT2D eigenvalue weighted by atomic mass is 32.2. The second-order valence-corrected chi connectivity index (χ2v) is 7.43. The van der Waals surface area contributed by atoms with Gasteiger partial charge in [-0.25, -0.2) is 0 Å². The van der Waals surface area contributed by atoms with Crippen LogP contribution in [-0.4, -0.2) is 24.5 Å². The molecule has 1 saturated heterocycles. The van der Waals surface area contributed by atoms with E-state index in [9.17, 15) is 0 Å². The first-order chi connectivity index (χ1) is 9.56. The molecule has 1 N–H and O–H groups in total. The molecule has 1 heterocycles. The molecule has 1 fully saturated rings. The van der Waals surface area contributed by atoms with E-state index in [0.717, 1.165) is 19.7 Å². The Morgan fingerprint density at radius 1 is 1.40 bits per heavy atom. The largest absolute Gasteiger partial charge is 0.377 e. The van der Waals surface area contributed by atoms with Crippen molar-refractivity contribution in [3.8, 4) is 0 Å². The summed E-state index contributed by atoms with van der Waals surface area (Å²) in [6.07, 6.45) is 1.55. The minimum atomic E-state index is 0.381. The van der Waals surface area contributed by atoms with Crippen LogP contribution in [0.5, 0.6) is 0 Å². The Morgan fingerprint density at radius 2 is 2.20 bits per heavy atom. The van der Waals surface area contributed by atoms with Crippen molar-refractivity contribution in [2.75, 3.05) is 13.2 Å². The molecule has 0 aliphatic carbocycles. The van der Waals surface area contributed by atoms with Gasteiger partial charge in [0.2, 0.25) is 0 Å². The smallest absolute Gasteiger partial charge is 0.0669 e. The van der Waals surface area contributed by atoms with Crippen LogP contribution >= 0.6 is 11.8 Å². The van der Waals surface area contributed by atoms with Crippen LogP contribution in [0.1, 0.15) is 38.3 Å². The topological polar surface area (TPSA) is 21.3 Å². The lowest BCUT2D eigenvalue weighted by atomic mass is 10.1. The first-order valence-corrected chi connectivity index (χ1v) is 8.52. The van der Waals surface area contributed by atoms with Crippen LogP contribution in [0.3, 0.4) is 0 Å². The van der Waals surface area contributed by atoms with Crippen LogP contribution in [0.25, 0.3) is 0 Å². The number of aryl methyl sites for hydroxylation is 1. The summed E-state index contributed by atoms with van der Waals surface area (Å²) >= 11 is 1.98. The molecule has 0 spiro atoms. The lowest BCUT2D eigenvalue weighted by Gasteiger charge is -2.16. The summed E-state index contributed by atoms with van der Waals surface area (Å²) in [7, 11) is 0. The molecule has 20 heavy (non-hydrogen) atoms. The molecule has 2 rings (SSSR count). The molecule has 112 valence electrons. The normalized spacial score (nSPS) is 22.6. The highest BCUT2D eigenvalue weighted by Gasteiger charge is 2.25. The van der Waals surface area contributed by atoms with Gasteiger partial charge in [-0.15, -0.1) is 11.8 Å². The summed E-state index contributed by atoms with van der Waals surface area (Å²) in [5.74, 6) is 0.703. The van der Waals surface area contributed by atoms with E-state index >= 15 is 0 Å². The van der Waals surface area contributed by atoms with Crippen LogP contribution in [0.2, 0.25) is 0 Å². The number of nitrogens with one attached hydrogen (secondary N) is 1. The van der Waals surface area contributed by atoms with Gasteiger partial charge >= 0.3 is 0 Å². The van der Waals surface area contributed by atoms with Crippen molar-refractivity contribution in [1.29, 1.82) is 0 Å². The van der Waals surface area contributed by atoms with Gasteiger partial charge in [0.25, 0.3) is 0 Å². The average molecular weight is 293 g/mol. The summed E-state index contributed by atoms with van der Waals surface area (Å²) in [5.41, 5.74) is 2.76. The van der Waals surface area contributed by atoms with Gasteiger partial charge in [-0.2, -0.15) is 0 Å². The number of thioether (sulfide) groups is 1. The first-order valence-electron chi connectivity index (χ1n) is 7.64. The zero-order valence-corrected chi connectivity index (χ0v) is 13.9. The molecule has 2 nitrogen and oxygen atoms in total. The van der Waals surface area contributed by atoms with Crippen molar-refractivity contribution in [3.63, 3.8) is 0 Å². The summed E-state index contributed by atoms with van der Waals surface area (Å²) in [5, 5.41) is 4.11. The Balaban J connectivity index is 1.91. The van der Waals surface area contributed by atoms with Gasteiger partial charge in [-0.05, 0) is 49.9 Å². The molecule has 0 amide bonds. The molecular formula is C17H27NOS. The molecule has 0 radical (unpaired) electrons. The lowest BCUT2D eigenvalue weighted by Crippen LogP contribution is -2.19. The number of hydrogen-bond donors (Lipinski definition) is 1. The van der Waals surface area contributed by atoms with E-state index in [2.05, 4.69) is 51.2 Å². The molecule has 2 unspecified atom stereocenters. The fourth-order valence-corrected chi connectivity index (χ4v) is 3.69. The third-order valence-electron chi connectivity index (χ3n) is 3.71. The molecular weight excluding hydrogens is 266 g/mol. The first kappa shape index (κ1) is 15.9. The highest BCUT2D eigenvalue weighted by molar-refractivity contribution is 8.00. The van der Waals surface area contributed by atoms with Gasteiger partial charge in [0, 0.05) is 23.3 Å². The summed E-state index contributed by atoms with van der Waals surface area (Å²) in [6.45, 7) is 11.8. The van der Waals surface area contributed by atoms with E-state index in [1.54, 1.807) is 0 Å². The zero-order valence-electron chi connectivity index (χ0n) is 13.1. The van der Waals surface area contributed by atoms with Crippen molar-refractivity contribution < 1.29 is 4.74 Å². The second-order valence-electron chi connectivity index (χ2n) is 6.15. The van der Waals surface area contributed by atoms with E-state index in [1.165, 1.54) is 22.4 Å². The van der Waals surface area contributed by atoms with Crippen molar-refractivity contribution in [3.05, 3.63) is 29.3 Å². The molecule has 2 atom stereocenters. The highest BCUT2D eigenvalue weighted by Crippen LogP contribution is 2.34. The van der Waals surface area contributed by atoms with Gasteiger partial charge < -0.3 is 10.1 Å². The quantitative estimate of drug-likeness (QED) is 0.856. The summed E-state index contributed by atoms with van der Waals surface area (Å²) < 4.78 is 5.65.